The Morgan fingerprint density at radius 3 is 2.74 bits per heavy atom. The Bertz CT molecular complexity index is 827. The van der Waals surface area contributed by atoms with Gasteiger partial charge in [0, 0.05) is 23.3 Å². The number of fused-ring (bicyclic) bond motifs is 1. The molecule has 3 aromatic rings. The fraction of sp³-hybridized carbons (Fsp3) is 0.176. The van der Waals surface area contributed by atoms with Gasteiger partial charge in [-0.3, -0.25) is 4.79 Å². The Morgan fingerprint density at radius 1 is 1.22 bits per heavy atom. The first-order valence-electron chi connectivity index (χ1n) is 7.28. The molecule has 0 aliphatic heterocycles. The van der Waals surface area contributed by atoms with E-state index in [1.165, 1.54) is 0 Å². The fourth-order valence-electron chi connectivity index (χ4n) is 2.46. The number of halogens is 1. The highest BCUT2D eigenvalue weighted by atomic mass is 35.5. The van der Waals surface area contributed by atoms with E-state index >= 15 is 0 Å². The second-order valence-electron chi connectivity index (χ2n) is 5.09. The Balaban J connectivity index is 2.04. The summed E-state index contributed by atoms with van der Waals surface area (Å²) in [4.78, 5) is 16.7. The average molecular weight is 330 g/mol. The van der Waals surface area contributed by atoms with E-state index in [0.717, 1.165) is 22.6 Å². The van der Waals surface area contributed by atoms with Crippen LogP contribution < -0.4 is 5.32 Å². The van der Waals surface area contributed by atoms with Crippen molar-refractivity contribution in [1.29, 1.82) is 0 Å². The summed E-state index contributed by atoms with van der Waals surface area (Å²) in [6.45, 7) is 0.161. The first-order chi connectivity index (χ1) is 11.2. The van der Waals surface area contributed by atoms with Crippen molar-refractivity contribution < 1.29 is 9.90 Å². The fourth-order valence-corrected chi connectivity index (χ4v) is 2.59. The predicted octanol–water partition coefficient (Wildman–Crippen LogP) is 2.31. The van der Waals surface area contributed by atoms with Crippen LogP contribution in [0.15, 0.2) is 48.7 Å². The van der Waals surface area contributed by atoms with Gasteiger partial charge < -0.3 is 14.8 Å². The number of imidazole rings is 1. The number of hydrogen-bond acceptors (Lipinski definition) is 3. The van der Waals surface area contributed by atoms with E-state index in [2.05, 4.69) is 10.3 Å². The second-order valence-corrected chi connectivity index (χ2v) is 5.53. The maximum atomic E-state index is 12.1. The van der Waals surface area contributed by atoms with Crippen molar-refractivity contribution in [2.45, 2.75) is 6.42 Å². The van der Waals surface area contributed by atoms with Crippen molar-refractivity contribution in [3.8, 4) is 11.3 Å². The number of pyridine rings is 1. The number of nitrogens with one attached hydrogen (secondary N) is 1. The molecule has 0 fully saturated rings. The molecule has 0 saturated heterocycles. The van der Waals surface area contributed by atoms with Crippen molar-refractivity contribution in [3.05, 3.63) is 59.4 Å². The number of carbonyl (C=O) groups excluding carboxylic acids is 1. The lowest BCUT2D eigenvalue weighted by Gasteiger charge is -2.06. The van der Waals surface area contributed by atoms with E-state index in [1.54, 1.807) is 12.1 Å². The molecule has 5 nitrogen and oxygen atoms in total. The number of aliphatic hydroxyl groups excluding tert-OH is 1. The van der Waals surface area contributed by atoms with Crippen LogP contribution in [0.2, 0.25) is 5.02 Å². The highest BCUT2D eigenvalue weighted by Crippen LogP contribution is 2.26. The maximum Gasteiger partial charge on any atom is 0.226 e. The first-order valence-corrected chi connectivity index (χ1v) is 7.66. The molecule has 118 valence electrons. The largest absolute Gasteiger partial charge is 0.395 e. The number of amides is 1. The van der Waals surface area contributed by atoms with Crippen LogP contribution in [0.4, 0.5) is 0 Å². The lowest BCUT2D eigenvalue weighted by molar-refractivity contribution is -0.120. The van der Waals surface area contributed by atoms with E-state index in [-0.39, 0.29) is 25.5 Å². The summed E-state index contributed by atoms with van der Waals surface area (Å²) < 4.78 is 1.91. The van der Waals surface area contributed by atoms with Gasteiger partial charge in [0.2, 0.25) is 5.91 Å². The summed E-state index contributed by atoms with van der Waals surface area (Å²) in [6.07, 6.45) is 2.07. The van der Waals surface area contributed by atoms with Crippen LogP contribution in [-0.4, -0.2) is 33.6 Å². The molecule has 3 rings (SSSR count). The average Bonchev–Trinajstić information content (AvgIpc) is 2.92. The minimum Gasteiger partial charge on any atom is -0.395 e. The van der Waals surface area contributed by atoms with Gasteiger partial charge in [0.15, 0.2) is 0 Å². The Hall–Kier alpha value is -2.37. The topological polar surface area (TPSA) is 66.6 Å². The summed E-state index contributed by atoms with van der Waals surface area (Å²) in [5.74, 6) is -0.153. The quantitative estimate of drug-likeness (QED) is 0.755. The molecular formula is C17H16ClN3O2. The van der Waals surface area contributed by atoms with Crippen LogP contribution in [0.3, 0.4) is 0 Å². The van der Waals surface area contributed by atoms with E-state index in [4.69, 9.17) is 16.7 Å². The van der Waals surface area contributed by atoms with Gasteiger partial charge in [-0.15, -0.1) is 0 Å². The summed E-state index contributed by atoms with van der Waals surface area (Å²) in [7, 11) is 0. The van der Waals surface area contributed by atoms with Gasteiger partial charge in [-0.05, 0) is 24.3 Å². The van der Waals surface area contributed by atoms with Crippen molar-refractivity contribution in [1.82, 2.24) is 14.7 Å². The zero-order valence-electron chi connectivity index (χ0n) is 12.4. The molecule has 0 saturated carbocycles. The molecule has 0 radical (unpaired) electrons. The number of nitrogens with zero attached hydrogens (tertiary/aromatic N) is 2. The first kappa shape index (κ1) is 15.5. The van der Waals surface area contributed by atoms with E-state index < -0.39 is 0 Å². The lowest BCUT2D eigenvalue weighted by atomic mass is 10.1. The molecule has 2 aromatic heterocycles. The SMILES string of the molecule is O=C(Cc1c(-c2ccc(Cl)cc2)nc2ccccn12)NCCO. The van der Waals surface area contributed by atoms with Gasteiger partial charge in [0.1, 0.15) is 5.65 Å². The van der Waals surface area contributed by atoms with Crippen molar-refractivity contribution in [2.24, 2.45) is 0 Å². The van der Waals surface area contributed by atoms with Gasteiger partial charge in [-0.2, -0.15) is 0 Å². The van der Waals surface area contributed by atoms with Gasteiger partial charge in [-0.25, -0.2) is 4.98 Å². The summed E-state index contributed by atoms with van der Waals surface area (Å²) in [5.41, 5.74) is 3.25. The Morgan fingerprint density at radius 2 is 2.00 bits per heavy atom. The molecule has 0 unspecified atom stereocenters. The number of carbonyl (C=O) groups is 1. The summed E-state index contributed by atoms with van der Waals surface area (Å²) in [6, 6.07) is 13.1. The van der Waals surface area contributed by atoms with Crippen molar-refractivity contribution in [2.75, 3.05) is 13.2 Å². The lowest BCUT2D eigenvalue weighted by Crippen LogP contribution is -2.28. The molecule has 1 aromatic carbocycles. The van der Waals surface area contributed by atoms with E-state index in [1.807, 2.05) is 40.9 Å². The van der Waals surface area contributed by atoms with Crippen LogP contribution in [-0.2, 0) is 11.2 Å². The standard InChI is InChI=1S/C17H16ClN3O2/c18-13-6-4-12(5-7-13)17-14(11-16(23)19-8-10-22)21-9-2-1-3-15(21)20-17/h1-7,9,22H,8,10-11H2,(H,19,23). The van der Waals surface area contributed by atoms with Gasteiger partial charge in [-0.1, -0.05) is 29.8 Å². The third-order valence-corrected chi connectivity index (χ3v) is 3.76. The molecule has 6 heteroatoms. The van der Waals surface area contributed by atoms with Crippen LogP contribution in [0.5, 0.6) is 0 Å². The third kappa shape index (κ3) is 3.36. The number of benzene rings is 1. The zero-order valence-corrected chi connectivity index (χ0v) is 13.1. The molecule has 0 spiro atoms. The summed E-state index contributed by atoms with van der Waals surface area (Å²) >= 11 is 5.95. The Labute approximate surface area is 138 Å². The highest BCUT2D eigenvalue weighted by Gasteiger charge is 2.16. The molecular weight excluding hydrogens is 314 g/mol. The minimum absolute atomic E-state index is 0.0804. The number of aliphatic hydroxyl groups is 1. The number of rotatable bonds is 5. The molecule has 1 amide bonds. The molecule has 0 bridgehead atoms. The third-order valence-electron chi connectivity index (χ3n) is 3.51. The van der Waals surface area contributed by atoms with Crippen LogP contribution in [0, 0.1) is 0 Å². The molecule has 0 aliphatic rings. The molecule has 0 aliphatic carbocycles. The number of hydrogen-bond donors (Lipinski definition) is 2. The van der Waals surface area contributed by atoms with Crippen LogP contribution in [0.25, 0.3) is 16.9 Å². The Kier molecular flexibility index (Phi) is 4.60. The minimum atomic E-state index is -0.153. The number of aromatic nitrogens is 2. The monoisotopic (exact) mass is 329 g/mol. The zero-order chi connectivity index (χ0) is 16.2. The predicted molar refractivity (Wildman–Crippen MR) is 89.4 cm³/mol. The highest BCUT2D eigenvalue weighted by molar-refractivity contribution is 6.30. The normalized spacial score (nSPS) is 10.9. The van der Waals surface area contributed by atoms with Crippen LogP contribution in [0.1, 0.15) is 5.69 Å². The smallest absolute Gasteiger partial charge is 0.226 e. The second kappa shape index (κ2) is 6.81. The van der Waals surface area contributed by atoms with Gasteiger partial charge >= 0.3 is 0 Å². The molecule has 2 heterocycles. The van der Waals surface area contributed by atoms with Gasteiger partial charge in [0.05, 0.1) is 24.4 Å². The van der Waals surface area contributed by atoms with E-state index in [0.29, 0.717) is 5.02 Å². The summed E-state index contributed by atoms with van der Waals surface area (Å²) in [5, 5.41) is 12.2. The van der Waals surface area contributed by atoms with E-state index in [9.17, 15) is 4.79 Å². The van der Waals surface area contributed by atoms with Gasteiger partial charge in [0.25, 0.3) is 0 Å². The van der Waals surface area contributed by atoms with Crippen molar-refractivity contribution in [3.63, 3.8) is 0 Å². The molecule has 2 N–H and O–H groups in total. The van der Waals surface area contributed by atoms with Crippen LogP contribution >= 0.6 is 11.6 Å². The maximum absolute atomic E-state index is 12.1. The molecule has 23 heavy (non-hydrogen) atoms. The molecule has 0 atom stereocenters. The van der Waals surface area contributed by atoms with Crippen molar-refractivity contribution >= 4 is 23.2 Å².